The summed E-state index contributed by atoms with van der Waals surface area (Å²) in [7, 11) is -4.28. The van der Waals surface area contributed by atoms with Crippen LogP contribution in [0.1, 0.15) is 112 Å². The smallest absolute Gasteiger partial charge is 0.408 e. The van der Waals surface area contributed by atoms with Crippen LogP contribution in [-0.2, 0) is 27.9 Å². The molecule has 8 atom stereocenters. The van der Waals surface area contributed by atoms with E-state index in [-0.39, 0.29) is 21.8 Å². The van der Waals surface area contributed by atoms with E-state index in [0.717, 1.165) is 26.3 Å². The van der Waals surface area contributed by atoms with Crippen molar-refractivity contribution in [3.63, 3.8) is 0 Å². The van der Waals surface area contributed by atoms with E-state index in [1.165, 1.54) is 11.8 Å². The summed E-state index contributed by atoms with van der Waals surface area (Å²) < 4.78 is 26.5. The van der Waals surface area contributed by atoms with Gasteiger partial charge in [0.2, 0.25) is 5.91 Å². The van der Waals surface area contributed by atoms with Gasteiger partial charge in [0.25, 0.3) is 16.6 Å². The molecule has 0 radical (unpaired) electrons. The minimum absolute atomic E-state index is 0.141. The average molecular weight is 1090 g/mol. The van der Waals surface area contributed by atoms with Crippen LogP contribution < -0.4 is 31.4 Å². The third kappa shape index (κ3) is 11.6. The maximum Gasteiger partial charge on any atom is 0.408 e. The molecule has 2 fully saturated rings. The number of ether oxygens (including phenoxy) is 2. The lowest BCUT2D eigenvalue weighted by Gasteiger charge is -2.48. The van der Waals surface area contributed by atoms with Crippen molar-refractivity contribution in [3.05, 3.63) is 193 Å². The molecule has 3 amide bonds. The minimum Gasteiger partial charge on any atom is -0.438 e. The number of rotatable bonds is 18. The average Bonchev–Trinajstić information content (AvgIpc) is 4.06. The third-order valence-corrected chi connectivity index (χ3v) is 25.9. The Kier molecular flexibility index (Phi) is 18.2. The van der Waals surface area contributed by atoms with E-state index >= 15 is 0 Å². The molecule has 8 rings (SSSR count). The monoisotopic (exact) mass is 1090 g/mol. The van der Waals surface area contributed by atoms with Crippen molar-refractivity contribution >= 4 is 61.3 Å². The number of nitrogens with one attached hydrogen (secondary N) is 2. The number of hydrogen-bond acceptors (Lipinski definition) is 9. The molecular weight excluding hydrogens is 1010 g/mol. The second-order valence-corrected chi connectivity index (χ2v) is 31.4. The maximum absolute atomic E-state index is 14.7. The molecule has 412 valence electrons. The third-order valence-electron chi connectivity index (χ3n) is 15.8. The molecule has 0 aliphatic carbocycles. The predicted octanol–water partition coefficient (Wildman–Crippen LogP) is 9.94. The molecule has 2 aliphatic rings. The summed E-state index contributed by atoms with van der Waals surface area (Å²) in [4.78, 5) is 53.9. The van der Waals surface area contributed by atoms with Gasteiger partial charge in [-0.15, -0.1) is 0 Å². The first kappa shape index (κ1) is 59.0. The topological polar surface area (TPSA) is 153 Å². The summed E-state index contributed by atoms with van der Waals surface area (Å²) in [6.07, 6.45) is -2.31. The molecule has 0 unspecified atom stereocenters. The van der Waals surface area contributed by atoms with Crippen LogP contribution in [0.3, 0.4) is 0 Å². The molecule has 0 aromatic heterocycles. The van der Waals surface area contributed by atoms with Gasteiger partial charge < -0.3 is 39.0 Å². The molecule has 0 saturated carbocycles. The summed E-state index contributed by atoms with van der Waals surface area (Å²) in [5.41, 5.74) is -1.01. The van der Waals surface area contributed by atoms with E-state index in [2.05, 4.69) is 101 Å². The highest BCUT2D eigenvalue weighted by atomic mass is 28.4. The quantitative estimate of drug-likeness (QED) is 0.0715. The highest BCUT2D eigenvalue weighted by Crippen LogP contribution is 2.44. The molecule has 3 N–H and O–H groups in total. The Balaban J connectivity index is 0.000000246. The normalized spacial score (nSPS) is 21.0. The van der Waals surface area contributed by atoms with Gasteiger partial charge in [-0.05, 0) is 75.6 Å². The maximum atomic E-state index is 14.7. The first-order valence-corrected chi connectivity index (χ1v) is 30.9. The Hall–Kier alpha value is -6.69. The lowest BCUT2D eigenvalue weighted by atomic mass is 9.87. The molecule has 2 saturated heterocycles. The fraction of sp³-hybridized carbons (Fsp3) is 0.375. The van der Waals surface area contributed by atoms with Crippen LogP contribution in [0.25, 0.3) is 0 Å². The van der Waals surface area contributed by atoms with Crippen LogP contribution in [0.5, 0.6) is 0 Å². The molecule has 6 aromatic rings. The van der Waals surface area contributed by atoms with Crippen molar-refractivity contribution in [1.29, 1.82) is 0 Å². The van der Waals surface area contributed by atoms with E-state index in [4.69, 9.17) is 18.3 Å². The van der Waals surface area contributed by atoms with Crippen molar-refractivity contribution in [2.75, 3.05) is 7.05 Å². The van der Waals surface area contributed by atoms with Crippen molar-refractivity contribution in [3.8, 4) is 0 Å². The van der Waals surface area contributed by atoms with Crippen molar-refractivity contribution in [2.24, 2.45) is 0 Å². The minimum atomic E-state index is -3.08. The molecular formula is C64H79N3O9Si2. The van der Waals surface area contributed by atoms with Crippen molar-refractivity contribution < 1.29 is 42.6 Å². The van der Waals surface area contributed by atoms with Gasteiger partial charge in [0, 0.05) is 7.05 Å². The second-order valence-electron chi connectivity index (χ2n) is 22.9. The SMILES string of the molecule is CC[C@@H](O[Si](c1ccccc1)(c1ccccc1)C(C)(C)C)[C@@]1(C)OC(=O)N[C@@H]1C(=O)N(C)[C@H](c1ccccc1)[C@H](O)c1ccccc1.CC[C@@H](O[Si](c1ccccc1)(c1ccccc1)C(C)(C)C)[C@@]1(C)OC(=O)N[C@@H]1C(C)=O. The lowest BCUT2D eigenvalue weighted by molar-refractivity contribution is -0.144. The largest absolute Gasteiger partial charge is 0.438 e. The number of aliphatic hydroxyl groups excluding tert-OH is 1. The summed E-state index contributed by atoms with van der Waals surface area (Å²) in [5.74, 6) is -0.524. The van der Waals surface area contributed by atoms with E-state index in [1.807, 2.05) is 154 Å². The van der Waals surface area contributed by atoms with Gasteiger partial charge >= 0.3 is 12.2 Å². The first-order chi connectivity index (χ1) is 37.0. The van der Waals surface area contributed by atoms with E-state index in [0.29, 0.717) is 18.4 Å². The van der Waals surface area contributed by atoms with E-state index < -0.39 is 76.5 Å². The Morgan fingerprint density at radius 1 is 0.551 bits per heavy atom. The van der Waals surface area contributed by atoms with Crippen LogP contribution in [0.2, 0.25) is 10.1 Å². The summed E-state index contributed by atoms with van der Waals surface area (Å²) in [6, 6.07) is 57.4. The number of hydrogen-bond donors (Lipinski definition) is 3. The Bertz CT molecular complexity index is 2870. The van der Waals surface area contributed by atoms with Gasteiger partial charge in [0.1, 0.15) is 12.1 Å². The first-order valence-electron chi connectivity index (χ1n) is 27.1. The molecule has 78 heavy (non-hydrogen) atoms. The number of aliphatic hydroxyl groups is 1. The van der Waals surface area contributed by atoms with Crippen molar-refractivity contribution in [2.45, 2.75) is 147 Å². The van der Waals surface area contributed by atoms with Gasteiger partial charge in [0.05, 0.1) is 18.2 Å². The number of carbonyl (C=O) groups excluding carboxylic acids is 4. The van der Waals surface area contributed by atoms with Crippen LogP contribution in [0.4, 0.5) is 9.59 Å². The number of nitrogens with zero attached hydrogens (tertiary/aromatic N) is 1. The number of alkyl carbamates (subject to hydrolysis) is 2. The number of cyclic esters (lactones) is 2. The molecule has 14 heteroatoms. The predicted molar refractivity (Wildman–Crippen MR) is 313 cm³/mol. The van der Waals surface area contributed by atoms with E-state index in [9.17, 15) is 24.3 Å². The standard InChI is InChI=1S/C39H46N2O5Si.C25H33NO4Si/c1-7-32(46-47(38(2,3)4,30-24-16-10-17-25-30)31-26-18-11-19-27-31)39(5)35(40-37(44)45-39)36(43)41(6)33(28-20-12-8-13-21-28)34(42)29-22-14-9-15-23-29;1-7-21(25(6)22(18(2)27)26-23(28)29-25)30-31(24(3,4)5,19-14-10-8-11-15-19)20-16-12-9-13-17-20/h8-27,32-35,42H,7H2,1-6H3,(H,40,44);8-17,21-22H,7H2,1-6H3,(H,26,28)/t32-,33-,34-,35-,39-;21-,22-,25-/m11/s1. The van der Waals surface area contributed by atoms with E-state index in [1.54, 1.807) is 14.0 Å². The Morgan fingerprint density at radius 2 is 0.846 bits per heavy atom. The highest BCUT2D eigenvalue weighted by molar-refractivity contribution is 7.00. The van der Waals surface area contributed by atoms with Gasteiger partial charge in [0.15, 0.2) is 23.0 Å². The second kappa shape index (κ2) is 24.1. The zero-order chi connectivity index (χ0) is 56.7. The summed E-state index contributed by atoms with van der Waals surface area (Å²) >= 11 is 0. The Morgan fingerprint density at radius 3 is 1.15 bits per heavy atom. The summed E-state index contributed by atoms with van der Waals surface area (Å²) in [5, 5.41) is 21.1. The van der Waals surface area contributed by atoms with Crippen LogP contribution in [0, 0.1) is 0 Å². The van der Waals surface area contributed by atoms with Crippen LogP contribution in [0.15, 0.2) is 182 Å². The highest BCUT2D eigenvalue weighted by Gasteiger charge is 2.61. The van der Waals surface area contributed by atoms with Gasteiger partial charge in [-0.3, -0.25) is 9.59 Å². The fourth-order valence-electron chi connectivity index (χ4n) is 11.9. The molecule has 0 spiro atoms. The Labute approximate surface area is 464 Å². The molecule has 12 nitrogen and oxygen atoms in total. The number of benzene rings is 6. The van der Waals surface area contributed by atoms with Gasteiger partial charge in [-0.25, -0.2) is 9.59 Å². The summed E-state index contributed by atoms with van der Waals surface area (Å²) in [6.45, 7) is 22.3. The fourth-order valence-corrected chi connectivity index (χ4v) is 21.6. The lowest BCUT2D eigenvalue weighted by Crippen LogP contribution is -2.70. The molecule has 2 aliphatic heterocycles. The molecule has 2 heterocycles. The number of likely N-dealkylation sites (N-methyl/N-ethyl adjacent to an activating group) is 1. The molecule has 6 aromatic carbocycles. The molecule has 0 bridgehead atoms. The van der Waals surface area contributed by atoms with Gasteiger partial charge in [-0.1, -0.05) is 237 Å². The van der Waals surface area contributed by atoms with Gasteiger partial charge in [-0.2, -0.15) is 0 Å². The number of amides is 3. The van der Waals surface area contributed by atoms with Crippen LogP contribution in [-0.4, -0.2) is 93.1 Å². The number of Topliss-reactive ketones (excluding diaryl/α,β-unsaturated/α-hetero) is 1. The zero-order valence-corrected chi connectivity index (χ0v) is 49.4. The number of carbonyl (C=O) groups is 4. The van der Waals surface area contributed by atoms with Crippen molar-refractivity contribution in [1.82, 2.24) is 15.5 Å². The number of ketones is 1. The van der Waals surface area contributed by atoms with Crippen LogP contribution >= 0.6 is 0 Å². The zero-order valence-electron chi connectivity index (χ0n) is 47.4.